The highest BCUT2D eigenvalue weighted by molar-refractivity contribution is 5.95. The van der Waals surface area contributed by atoms with Gasteiger partial charge in [-0.25, -0.2) is 0 Å². The number of benzene rings is 1. The van der Waals surface area contributed by atoms with E-state index in [1.54, 1.807) is 0 Å². The van der Waals surface area contributed by atoms with E-state index in [2.05, 4.69) is 17.6 Å². The van der Waals surface area contributed by atoms with Crippen LogP contribution in [0.4, 0.5) is 0 Å². The predicted octanol–water partition coefficient (Wildman–Crippen LogP) is 3.97. The third-order valence-electron chi connectivity index (χ3n) is 6.94. The van der Waals surface area contributed by atoms with Gasteiger partial charge in [-0.1, -0.05) is 50.8 Å². The highest BCUT2D eigenvalue weighted by atomic mass is 16.2. The SMILES string of the molecule is CCCCCC(=O)N1CCCC(C(=O)N[C@@H]2CCCC[C@H]2NC(=O)c2ccccc2C)C1. The number of unbranched alkanes of at least 4 members (excludes halogenated alkanes) is 2. The van der Waals surface area contributed by atoms with Gasteiger partial charge in [0.15, 0.2) is 0 Å². The Morgan fingerprint density at radius 1 is 0.969 bits per heavy atom. The summed E-state index contributed by atoms with van der Waals surface area (Å²) in [7, 11) is 0. The Morgan fingerprint density at radius 3 is 2.41 bits per heavy atom. The van der Waals surface area contributed by atoms with Crippen LogP contribution in [-0.4, -0.2) is 47.8 Å². The average Bonchev–Trinajstić information content (AvgIpc) is 2.80. The zero-order valence-electron chi connectivity index (χ0n) is 19.7. The standard InChI is InChI=1S/C26H39N3O3/c1-3-4-5-16-24(30)29-17-10-12-20(18-29)25(31)27-22-14-8-9-15-23(22)28-26(32)21-13-7-6-11-19(21)2/h6-7,11,13,20,22-23H,3-5,8-10,12,14-18H2,1-2H3,(H,27,31)(H,28,32)/t20?,22-,23-/m1/s1. The molecule has 1 saturated heterocycles. The first kappa shape index (κ1) is 24.3. The Kier molecular flexibility index (Phi) is 9.12. The summed E-state index contributed by atoms with van der Waals surface area (Å²) in [4.78, 5) is 40.3. The molecule has 1 aromatic carbocycles. The maximum Gasteiger partial charge on any atom is 0.251 e. The summed E-state index contributed by atoms with van der Waals surface area (Å²) in [6.45, 7) is 5.35. The third kappa shape index (κ3) is 6.57. The van der Waals surface area contributed by atoms with Crippen molar-refractivity contribution in [1.82, 2.24) is 15.5 Å². The second-order valence-electron chi connectivity index (χ2n) is 9.43. The monoisotopic (exact) mass is 441 g/mol. The van der Waals surface area contributed by atoms with Crippen LogP contribution < -0.4 is 10.6 Å². The maximum atomic E-state index is 13.1. The van der Waals surface area contributed by atoms with Crippen molar-refractivity contribution in [3.05, 3.63) is 35.4 Å². The molecule has 2 fully saturated rings. The van der Waals surface area contributed by atoms with Crippen molar-refractivity contribution in [1.29, 1.82) is 0 Å². The van der Waals surface area contributed by atoms with Gasteiger partial charge in [0, 0.05) is 37.2 Å². The van der Waals surface area contributed by atoms with Crippen LogP contribution in [0.3, 0.4) is 0 Å². The van der Waals surface area contributed by atoms with E-state index in [4.69, 9.17) is 0 Å². The number of amides is 3. The summed E-state index contributed by atoms with van der Waals surface area (Å²) >= 11 is 0. The minimum absolute atomic E-state index is 0.0260. The topological polar surface area (TPSA) is 78.5 Å². The van der Waals surface area contributed by atoms with Crippen molar-refractivity contribution in [2.45, 2.75) is 90.1 Å². The lowest BCUT2D eigenvalue weighted by atomic mass is 9.88. The third-order valence-corrected chi connectivity index (χ3v) is 6.94. The molecule has 176 valence electrons. The molecule has 0 spiro atoms. The molecule has 1 saturated carbocycles. The predicted molar refractivity (Wildman–Crippen MR) is 126 cm³/mol. The number of nitrogens with zero attached hydrogens (tertiary/aromatic N) is 1. The summed E-state index contributed by atoms with van der Waals surface area (Å²) in [5, 5.41) is 6.40. The lowest BCUT2D eigenvalue weighted by Crippen LogP contribution is -2.55. The van der Waals surface area contributed by atoms with Crippen molar-refractivity contribution in [3.63, 3.8) is 0 Å². The van der Waals surface area contributed by atoms with E-state index < -0.39 is 0 Å². The van der Waals surface area contributed by atoms with E-state index in [9.17, 15) is 14.4 Å². The van der Waals surface area contributed by atoms with Crippen molar-refractivity contribution in [2.75, 3.05) is 13.1 Å². The van der Waals surface area contributed by atoms with E-state index in [0.29, 0.717) is 18.5 Å². The van der Waals surface area contributed by atoms with Crippen LogP contribution >= 0.6 is 0 Å². The number of nitrogens with one attached hydrogen (secondary N) is 2. The van der Waals surface area contributed by atoms with E-state index in [1.165, 1.54) is 0 Å². The van der Waals surface area contributed by atoms with Gasteiger partial charge in [0.25, 0.3) is 5.91 Å². The van der Waals surface area contributed by atoms with Crippen molar-refractivity contribution >= 4 is 17.7 Å². The van der Waals surface area contributed by atoms with Crippen LogP contribution in [0.25, 0.3) is 0 Å². The first-order valence-corrected chi connectivity index (χ1v) is 12.4. The highest BCUT2D eigenvalue weighted by Crippen LogP contribution is 2.22. The first-order valence-electron chi connectivity index (χ1n) is 12.4. The molecule has 1 aliphatic carbocycles. The highest BCUT2D eigenvalue weighted by Gasteiger charge is 2.33. The van der Waals surface area contributed by atoms with Gasteiger partial charge in [-0.2, -0.15) is 0 Å². The fraction of sp³-hybridized carbons (Fsp3) is 0.654. The zero-order chi connectivity index (χ0) is 22.9. The van der Waals surface area contributed by atoms with Gasteiger partial charge in [-0.15, -0.1) is 0 Å². The van der Waals surface area contributed by atoms with Crippen molar-refractivity contribution in [3.8, 4) is 0 Å². The number of aryl methyl sites for hydroxylation is 1. The Hall–Kier alpha value is -2.37. The second kappa shape index (κ2) is 12.0. The molecule has 0 aromatic heterocycles. The van der Waals surface area contributed by atoms with E-state index in [-0.39, 0.29) is 35.7 Å². The van der Waals surface area contributed by atoms with Gasteiger partial charge < -0.3 is 15.5 Å². The number of rotatable bonds is 8. The molecule has 32 heavy (non-hydrogen) atoms. The molecule has 2 aliphatic rings. The Labute approximate surface area is 192 Å². The van der Waals surface area contributed by atoms with Crippen LogP contribution in [-0.2, 0) is 9.59 Å². The van der Waals surface area contributed by atoms with Gasteiger partial charge in [0.1, 0.15) is 0 Å². The molecule has 6 nitrogen and oxygen atoms in total. The molecule has 0 radical (unpaired) electrons. The van der Waals surface area contributed by atoms with Crippen molar-refractivity contribution < 1.29 is 14.4 Å². The van der Waals surface area contributed by atoms with Gasteiger partial charge >= 0.3 is 0 Å². The first-order chi connectivity index (χ1) is 15.5. The quantitative estimate of drug-likeness (QED) is 0.599. The Morgan fingerprint density at radius 2 is 1.69 bits per heavy atom. The smallest absolute Gasteiger partial charge is 0.251 e. The number of carbonyl (C=O) groups excluding carboxylic acids is 3. The lowest BCUT2D eigenvalue weighted by Gasteiger charge is -2.36. The minimum Gasteiger partial charge on any atom is -0.351 e. The van der Waals surface area contributed by atoms with Gasteiger partial charge in [-0.05, 0) is 50.7 Å². The van der Waals surface area contributed by atoms with Crippen LogP contribution in [0.1, 0.15) is 87.1 Å². The fourth-order valence-corrected chi connectivity index (χ4v) is 4.95. The number of carbonyl (C=O) groups is 3. The maximum absolute atomic E-state index is 13.1. The molecular formula is C26H39N3O3. The molecule has 3 amide bonds. The van der Waals surface area contributed by atoms with Crippen LogP contribution in [0, 0.1) is 12.8 Å². The van der Waals surface area contributed by atoms with Gasteiger partial charge in [-0.3, -0.25) is 14.4 Å². The summed E-state index contributed by atoms with van der Waals surface area (Å²) in [5.74, 6) is -0.0284. The summed E-state index contributed by atoms with van der Waals surface area (Å²) in [6.07, 6.45) is 9.20. The fourth-order valence-electron chi connectivity index (χ4n) is 4.95. The average molecular weight is 442 g/mol. The molecule has 1 aromatic rings. The molecule has 3 atom stereocenters. The Balaban J connectivity index is 1.55. The number of likely N-dealkylation sites (tertiary alicyclic amines) is 1. The van der Waals surface area contributed by atoms with E-state index in [1.807, 2.05) is 36.1 Å². The van der Waals surface area contributed by atoms with Gasteiger partial charge in [0.05, 0.1) is 5.92 Å². The molecule has 2 N–H and O–H groups in total. The Bertz CT molecular complexity index is 794. The largest absolute Gasteiger partial charge is 0.351 e. The molecule has 6 heteroatoms. The lowest BCUT2D eigenvalue weighted by molar-refractivity contribution is -0.136. The normalized spacial score (nSPS) is 23.4. The summed E-state index contributed by atoms with van der Waals surface area (Å²) in [6, 6.07) is 7.47. The van der Waals surface area contributed by atoms with Crippen LogP contribution in [0.5, 0.6) is 0 Å². The molecule has 1 aliphatic heterocycles. The summed E-state index contributed by atoms with van der Waals surface area (Å²) < 4.78 is 0. The number of hydrogen-bond donors (Lipinski definition) is 2. The minimum atomic E-state index is -0.159. The van der Waals surface area contributed by atoms with Crippen LogP contribution in [0.15, 0.2) is 24.3 Å². The van der Waals surface area contributed by atoms with E-state index in [0.717, 1.165) is 69.9 Å². The molecule has 0 bridgehead atoms. The molecular weight excluding hydrogens is 402 g/mol. The second-order valence-corrected chi connectivity index (χ2v) is 9.43. The zero-order valence-corrected chi connectivity index (χ0v) is 19.7. The number of piperidine rings is 1. The molecule has 1 unspecified atom stereocenters. The van der Waals surface area contributed by atoms with E-state index >= 15 is 0 Å². The number of hydrogen-bond acceptors (Lipinski definition) is 3. The molecule has 1 heterocycles. The van der Waals surface area contributed by atoms with Gasteiger partial charge in [0.2, 0.25) is 11.8 Å². The summed E-state index contributed by atoms with van der Waals surface area (Å²) in [5.41, 5.74) is 1.64. The van der Waals surface area contributed by atoms with Crippen LogP contribution in [0.2, 0.25) is 0 Å². The van der Waals surface area contributed by atoms with Crippen molar-refractivity contribution in [2.24, 2.45) is 5.92 Å². The molecule has 3 rings (SSSR count).